The van der Waals surface area contributed by atoms with Crippen molar-refractivity contribution < 1.29 is 13.9 Å². The molecule has 3 aromatic rings. The largest absolute Gasteiger partial charge is 0.378 e. The fourth-order valence-corrected chi connectivity index (χ4v) is 5.86. The van der Waals surface area contributed by atoms with Crippen molar-refractivity contribution in [1.29, 1.82) is 0 Å². The lowest BCUT2D eigenvalue weighted by Crippen LogP contribution is -2.39. The molecule has 2 aliphatic rings. The van der Waals surface area contributed by atoms with Gasteiger partial charge in [0.2, 0.25) is 17.8 Å². The van der Waals surface area contributed by atoms with E-state index in [9.17, 15) is 9.18 Å². The highest BCUT2D eigenvalue weighted by Gasteiger charge is 2.38. The van der Waals surface area contributed by atoms with Gasteiger partial charge < -0.3 is 21.1 Å². The Morgan fingerprint density at radius 1 is 1.19 bits per heavy atom. The molecule has 1 saturated carbocycles. The molecule has 9 nitrogen and oxygen atoms in total. The van der Waals surface area contributed by atoms with Crippen molar-refractivity contribution in [3.05, 3.63) is 33.4 Å². The number of fused-ring (bicyclic) bond motifs is 1. The Kier molecular flexibility index (Phi) is 7.37. The number of benzene rings is 1. The van der Waals surface area contributed by atoms with Crippen LogP contribution in [-0.2, 0) is 9.53 Å². The van der Waals surface area contributed by atoms with E-state index < -0.39 is 17.6 Å². The van der Waals surface area contributed by atoms with Gasteiger partial charge in [0.25, 0.3) is 0 Å². The molecule has 5 rings (SSSR count). The van der Waals surface area contributed by atoms with Gasteiger partial charge in [-0.3, -0.25) is 9.36 Å². The number of nitrogens with zero attached hydrogens (tertiary/aromatic N) is 4. The monoisotopic (exact) mass is 569 g/mol. The molecule has 198 valence electrons. The summed E-state index contributed by atoms with van der Waals surface area (Å²) < 4.78 is 21.5. The molecule has 0 spiro atoms. The van der Waals surface area contributed by atoms with E-state index in [1.807, 2.05) is 11.5 Å². The number of rotatable bonds is 6. The average molecular weight is 571 g/mol. The van der Waals surface area contributed by atoms with E-state index in [1.54, 1.807) is 18.3 Å². The Morgan fingerprint density at radius 2 is 1.89 bits per heavy atom. The molecule has 1 saturated heterocycles. The van der Waals surface area contributed by atoms with Crippen LogP contribution in [0.25, 0.3) is 11.2 Å². The standard InChI is InChI=1S/C24H27Cl3FN7O2/c1-24(21(29)36)5-2-13(3-6-24)35-20-18(10-30-22(34-20)31-17-4-7-37-11-16(17)28)32-23(35)33-19-14(26)8-12(25)9-15(19)27/h8-10,13,16-17H,2-7,11H2,1H3,(H2,29,36)(H,32,33)(H,30,31,34)/t13-,16-,17-,24-/m1/s1. The highest BCUT2D eigenvalue weighted by atomic mass is 35.5. The van der Waals surface area contributed by atoms with Crippen LogP contribution in [0, 0.1) is 5.41 Å². The summed E-state index contributed by atoms with van der Waals surface area (Å²) in [5.41, 5.74) is 6.67. The summed E-state index contributed by atoms with van der Waals surface area (Å²) >= 11 is 19.0. The minimum Gasteiger partial charge on any atom is -0.378 e. The molecule has 4 N–H and O–H groups in total. The number of imidazole rings is 1. The van der Waals surface area contributed by atoms with Gasteiger partial charge in [0.05, 0.1) is 34.6 Å². The Bertz CT molecular complexity index is 1310. The summed E-state index contributed by atoms with van der Waals surface area (Å²) in [7, 11) is 0. The lowest BCUT2D eigenvalue weighted by Gasteiger charge is -2.35. The van der Waals surface area contributed by atoms with Gasteiger partial charge in [0.15, 0.2) is 5.65 Å². The van der Waals surface area contributed by atoms with Crippen LogP contribution in [0.4, 0.5) is 22.0 Å². The molecule has 1 aliphatic carbocycles. The molecule has 1 aliphatic heterocycles. The van der Waals surface area contributed by atoms with E-state index in [4.69, 9.17) is 55.2 Å². The molecule has 13 heteroatoms. The molecule has 1 amide bonds. The van der Waals surface area contributed by atoms with E-state index >= 15 is 0 Å². The van der Waals surface area contributed by atoms with Gasteiger partial charge in [-0.25, -0.2) is 14.4 Å². The van der Waals surface area contributed by atoms with Gasteiger partial charge in [-0.15, -0.1) is 0 Å². The van der Waals surface area contributed by atoms with Crippen molar-refractivity contribution in [2.75, 3.05) is 23.8 Å². The number of carbonyl (C=O) groups is 1. The first-order chi connectivity index (χ1) is 17.6. The van der Waals surface area contributed by atoms with Crippen LogP contribution in [0.5, 0.6) is 0 Å². The van der Waals surface area contributed by atoms with Crippen molar-refractivity contribution in [2.24, 2.45) is 11.1 Å². The van der Waals surface area contributed by atoms with Crippen LogP contribution in [0.15, 0.2) is 18.3 Å². The number of hydrogen-bond donors (Lipinski definition) is 3. The van der Waals surface area contributed by atoms with E-state index in [0.717, 1.165) is 0 Å². The fraction of sp³-hybridized carbons (Fsp3) is 0.500. The molecule has 3 heterocycles. The zero-order valence-electron chi connectivity index (χ0n) is 20.1. The fourth-order valence-electron chi connectivity index (χ4n) is 4.94. The predicted molar refractivity (Wildman–Crippen MR) is 143 cm³/mol. The van der Waals surface area contributed by atoms with Crippen LogP contribution in [-0.4, -0.2) is 50.9 Å². The van der Waals surface area contributed by atoms with Gasteiger partial charge >= 0.3 is 0 Å². The number of nitrogens with one attached hydrogen (secondary N) is 2. The number of primary amides is 1. The molecule has 0 bridgehead atoms. The summed E-state index contributed by atoms with van der Waals surface area (Å²) in [5.74, 6) is 0.468. The summed E-state index contributed by atoms with van der Waals surface area (Å²) in [6, 6.07) is 2.70. The molecule has 2 aromatic heterocycles. The maximum Gasteiger partial charge on any atom is 0.225 e. The minimum absolute atomic E-state index is 0.0369. The second kappa shape index (κ2) is 10.4. The molecule has 37 heavy (non-hydrogen) atoms. The maximum atomic E-state index is 14.4. The maximum absolute atomic E-state index is 14.4. The summed E-state index contributed by atoms with van der Waals surface area (Å²) in [6.45, 7) is 2.40. The van der Waals surface area contributed by atoms with Gasteiger partial charge in [-0.05, 0) is 44.2 Å². The van der Waals surface area contributed by atoms with Gasteiger partial charge in [-0.2, -0.15) is 4.98 Å². The van der Waals surface area contributed by atoms with Crippen LogP contribution >= 0.6 is 34.8 Å². The number of ether oxygens (including phenoxy) is 1. The van der Waals surface area contributed by atoms with Gasteiger partial charge in [0, 0.05) is 23.1 Å². The minimum atomic E-state index is -1.16. The number of hydrogen-bond acceptors (Lipinski definition) is 7. The van der Waals surface area contributed by atoms with Crippen LogP contribution in [0.3, 0.4) is 0 Å². The SMILES string of the molecule is C[C@]1(C(N)=O)CC[C@H](n2c(Nc3c(Cl)cc(Cl)cc3Cl)nc3cnc(N[C@@H]4CCOC[C@H]4F)nc32)CC1. The number of halogens is 4. The predicted octanol–water partition coefficient (Wildman–Crippen LogP) is 5.68. The average Bonchev–Trinajstić information content (AvgIpc) is 3.20. The summed E-state index contributed by atoms with van der Waals surface area (Å²) in [5, 5.41) is 7.44. The topological polar surface area (TPSA) is 120 Å². The lowest BCUT2D eigenvalue weighted by atomic mass is 9.73. The Hall–Kier alpha value is -2.40. The first kappa shape index (κ1) is 26.2. The Labute approximate surface area is 228 Å². The van der Waals surface area contributed by atoms with Crippen molar-refractivity contribution >= 4 is 69.5 Å². The molecule has 2 fully saturated rings. The van der Waals surface area contributed by atoms with Crippen LogP contribution in [0.1, 0.15) is 45.1 Å². The lowest BCUT2D eigenvalue weighted by molar-refractivity contribution is -0.128. The van der Waals surface area contributed by atoms with Gasteiger partial charge in [-0.1, -0.05) is 41.7 Å². The molecular formula is C24H27Cl3FN7O2. The number of anilines is 3. The number of aromatic nitrogens is 4. The van der Waals surface area contributed by atoms with Crippen LogP contribution in [0.2, 0.25) is 15.1 Å². The summed E-state index contributed by atoms with van der Waals surface area (Å²) in [4.78, 5) is 25.9. The summed E-state index contributed by atoms with van der Waals surface area (Å²) in [6.07, 6.45) is 3.56. The van der Waals surface area contributed by atoms with E-state index in [2.05, 4.69) is 15.6 Å². The van der Waals surface area contributed by atoms with Gasteiger partial charge in [0.1, 0.15) is 11.7 Å². The Morgan fingerprint density at radius 3 is 2.54 bits per heavy atom. The molecule has 0 radical (unpaired) electrons. The zero-order chi connectivity index (χ0) is 26.3. The zero-order valence-corrected chi connectivity index (χ0v) is 22.4. The first-order valence-corrected chi connectivity index (χ1v) is 13.2. The quantitative estimate of drug-likeness (QED) is 0.349. The van der Waals surface area contributed by atoms with E-state index in [1.165, 1.54) is 0 Å². The second-order valence-corrected chi connectivity index (χ2v) is 11.1. The third kappa shape index (κ3) is 5.30. The third-order valence-electron chi connectivity index (χ3n) is 7.30. The molecular weight excluding hydrogens is 544 g/mol. The second-order valence-electron chi connectivity index (χ2n) is 9.86. The number of nitrogens with two attached hydrogens (primary N) is 1. The van der Waals surface area contributed by atoms with E-state index in [0.29, 0.717) is 82.5 Å². The van der Waals surface area contributed by atoms with Crippen LogP contribution < -0.4 is 16.4 Å². The number of carbonyl (C=O) groups excluding carboxylic acids is 1. The first-order valence-electron chi connectivity index (χ1n) is 12.1. The molecule has 2 atom stereocenters. The smallest absolute Gasteiger partial charge is 0.225 e. The number of amides is 1. The van der Waals surface area contributed by atoms with E-state index in [-0.39, 0.29) is 18.6 Å². The Balaban J connectivity index is 1.54. The number of alkyl halides is 1. The van der Waals surface area contributed by atoms with Crippen molar-refractivity contribution in [3.63, 3.8) is 0 Å². The normalized spacial score (nSPS) is 26.2. The van der Waals surface area contributed by atoms with Crippen molar-refractivity contribution in [2.45, 2.75) is 57.3 Å². The molecule has 0 unspecified atom stereocenters. The highest BCUT2D eigenvalue weighted by molar-refractivity contribution is 6.41. The van der Waals surface area contributed by atoms with Crippen molar-refractivity contribution in [3.8, 4) is 0 Å². The third-order valence-corrected chi connectivity index (χ3v) is 8.11. The highest BCUT2D eigenvalue weighted by Crippen LogP contribution is 2.44. The molecule has 1 aromatic carbocycles. The van der Waals surface area contributed by atoms with Crippen molar-refractivity contribution in [1.82, 2.24) is 19.5 Å².